The van der Waals surface area contributed by atoms with Gasteiger partial charge in [0.25, 0.3) is 15.9 Å². The van der Waals surface area contributed by atoms with E-state index in [1.165, 1.54) is 24.3 Å². The predicted molar refractivity (Wildman–Crippen MR) is 108 cm³/mol. The van der Waals surface area contributed by atoms with Gasteiger partial charge in [-0.25, -0.2) is 13.4 Å². The second kappa shape index (κ2) is 7.77. The van der Waals surface area contributed by atoms with Crippen molar-refractivity contribution in [2.75, 3.05) is 17.8 Å². The Morgan fingerprint density at radius 2 is 1.81 bits per heavy atom. The van der Waals surface area contributed by atoms with Crippen LogP contribution in [-0.4, -0.2) is 37.3 Å². The number of amides is 1. The third-order valence-electron chi connectivity index (χ3n) is 4.49. The molecule has 1 aliphatic rings. The summed E-state index contributed by atoms with van der Waals surface area (Å²) in [6.45, 7) is 7.43. The van der Waals surface area contributed by atoms with Gasteiger partial charge in [0.1, 0.15) is 4.88 Å². The molecule has 1 aliphatic heterocycles. The predicted octanol–water partition coefficient (Wildman–Crippen LogP) is 4.02. The van der Waals surface area contributed by atoms with E-state index in [0.29, 0.717) is 40.5 Å². The number of sulfonamides is 1. The molecule has 0 spiro atoms. The molecule has 1 amide bonds. The molecule has 1 aromatic carbocycles. The van der Waals surface area contributed by atoms with Crippen molar-refractivity contribution in [2.45, 2.75) is 32.1 Å². The summed E-state index contributed by atoms with van der Waals surface area (Å²) in [5, 5.41) is 0.640. The molecule has 0 radical (unpaired) electrons. The number of piperidine rings is 1. The maximum absolute atomic E-state index is 12.9. The van der Waals surface area contributed by atoms with Gasteiger partial charge < -0.3 is 4.90 Å². The van der Waals surface area contributed by atoms with E-state index >= 15 is 0 Å². The van der Waals surface area contributed by atoms with Crippen LogP contribution in [0.5, 0.6) is 0 Å². The van der Waals surface area contributed by atoms with Crippen molar-refractivity contribution < 1.29 is 13.2 Å². The first kappa shape index (κ1) is 20.1. The number of aryl methyl sites for hydroxylation is 1. The number of hydrogen-bond donors (Lipinski definition) is 1. The van der Waals surface area contributed by atoms with Crippen LogP contribution in [0.2, 0.25) is 5.02 Å². The van der Waals surface area contributed by atoms with Crippen LogP contribution in [0.4, 0.5) is 5.13 Å². The molecule has 146 valence electrons. The lowest BCUT2D eigenvalue weighted by Gasteiger charge is -2.34. The van der Waals surface area contributed by atoms with Crippen LogP contribution in [0.25, 0.3) is 0 Å². The lowest BCUT2D eigenvalue weighted by molar-refractivity contribution is 0.0627. The summed E-state index contributed by atoms with van der Waals surface area (Å²) in [7, 11) is -3.79. The van der Waals surface area contributed by atoms with Gasteiger partial charge in [0.05, 0.1) is 10.6 Å². The lowest BCUT2D eigenvalue weighted by atomic mass is 9.92. The maximum Gasteiger partial charge on any atom is 0.265 e. The van der Waals surface area contributed by atoms with Crippen molar-refractivity contribution in [1.82, 2.24) is 9.88 Å². The average Bonchev–Trinajstić information content (AvgIpc) is 2.93. The fraction of sp³-hybridized carbons (Fsp3) is 0.444. The van der Waals surface area contributed by atoms with Gasteiger partial charge in [-0.05, 0) is 49.4 Å². The Bertz CT molecular complexity index is 931. The fourth-order valence-corrected chi connectivity index (χ4v) is 5.69. The Hall–Kier alpha value is -1.64. The minimum absolute atomic E-state index is 0.0830. The first-order valence-electron chi connectivity index (χ1n) is 8.71. The van der Waals surface area contributed by atoms with E-state index < -0.39 is 10.0 Å². The zero-order valence-corrected chi connectivity index (χ0v) is 17.8. The SMILES string of the molecule is Cc1nc(NS(=O)(=O)c2ccc(Cl)cc2)sc1C(=O)N1CC(C)CC(C)C1. The molecule has 1 saturated heterocycles. The van der Waals surface area contributed by atoms with Gasteiger partial charge in [-0.15, -0.1) is 0 Å². The fourth-order valence-electron chi connectivity index (χ4n) is 3.40. The van der Waals surface area contributed by atoms with Gasteiger partial charge in [0.15, 0.2) is 5.13 Å². The highest BCUT2D eigenvalue weighted by Gasteiger charge is 2.29. The zero-order chi connectivity index (χ0) is 19.8. The van der Waals surface area contributed by atoms with E-state index in [-0.39, 0.29) is 15.9 Å². The van der Waals surface area contributed by atoms with Crippen molar-refractivity contribution in [3.63, 3.8) is 0 Å². The van der Waals surface area contributed by atoms with Gasteiger partial charge in [-0.2, -0.15) is 0 Å². The standard InChI is InChI=1S/C18H22ClN3O3S2/c1-11-8-12(2)10-22(9-11)17(23)16-13(3)20-18(26-16)21-27(24,25)15-6-4-14(19)5-7-15/h4-7,11-12H,8-10H2,1-3H3,(H,20,21). The highest BCUT2D eigenvalue weighted by Crippen LogP contribution is 2.29. The molecule has 1 N–H and O–H groups in total. The summed E-state index contributed by atoms with van der Waals surface area (Å²) in [5.74, 6) is 0.822. The van der Waals surface area contributed by atoms with E-state index in [1.54, 1.807) is 6.92 Å². The molecular formula is C18H22ClN3O3S2. The number of carbonyl (C=O) groups is 1. The quantitative estimate of drug-likeness (QED) is 0.798. The van der Waals surface area contributed by atoms with Gasteiger partial charge in [0, 0.05) is 18.1 Å². The number of anilines is 1. The molecule has 0 saturated carbocycles. The third-order valence-corrected chi connectivity index (χ3v) is 7.29. The summed E-state index contributed by atoms with van der Waals surface area (Å²) in [6, 6.07) is 5.87. The second-order valence-electron chi connectivity index (χ2n) is 7.15. The maximum atomic E-state index is 12.9. The van der Waals surface area contributed by atoms with E-state index in [1.807, 2.05) is 4.90 Å². The topological polar surface area (TPSA) is 79.4 Å². The van der Waals surface area contributed by atoms with Crippen molar-refractivity contribution in [3.8, 4) is 0 Å². The number of nitrogens with zero attached hydrogens (tertiary/aromatic N) is 2. The van der Waals surface area contributed by atoms with Crippen LogP contribution in [0.15, 0.2) is 29.2 Å². The summed E-state index contributed by atoms with van der Waals surface area (Å²) in [4.78, 5) is 19.6. The van der Waals surface area contributed by atoms with Crippen LogP contribution in [0, 0.1) is 18.8 Å². The number of benzene rings is 1. The van der Waals surface area contributed by atoms with E-state index in [4.69, 9.17) is 11.6 Å². The normalized spacial score (nSPS) is 20.5. The third kappa shape index (κ3) is 4.62. The van der Waals surface area contributed by atoms with Crippen molar-refractivity contribution in [1.29, 1.82) is 0 Å². The number of carbonyl (C=O) groups excluding carboxylic acids is 1. The van der Waals surface area contributed by atoms with Crippen LogP contribution < -0.4 is 4.72 Å². The van der Waals surface area contributed by atoms with Crippen LogP contribution in [-0.2, 0) is 10.0 Å². The Labute approximate surface area is 168 Å². The van der Waals surface area contributed by atoms with Crippen molar-refractivity contribution in [3.05, 3.63) is 39.9 Å². The molecule has 2 unspecified atom stereocenters. The highest BCUT2D eigenvalue weighted by atomic mass is 35.5. The lowest BCUT2D eigenvalue weighted by Crippen LogP contribution is -2.42. The molecule has 2 atom stereocenters. The van der Waals surface area contributed by atoms with Gasteiger partial charge in [0.2, 0.25) is 0 Å². The van der Waals surface area contributed by atoms with Gasteiger partial charge in [-0.3, -0.25) is 9.52 Å². The summed E-state index contributed by atoms with van der Waals surface area (Å²) < 4.78 is 27.5. The minimum Gasteiger partial charge on any atom is -0.337 e. The molecular weight excluding hydrogens is 406 g/mol. The van der Waals surface area contributed by atoms with E-state index in [2.05, 4.69) is 23.6 Å². The van der Waals surface area contributed by atoms with Crippen molar-refractivity contribution >= 4 is 44.0 Å². The number of halogens is 1. The Morgan fingerprint density at radius 3 is 2.41 bits per heavy atom. The van der Waals surface area contributed by atoms with Gasteiger partial charge >= 0.3 is 0 Å². The number of hydrogen-bond acceptors (Lipinski definition) is 5. The highest BCUT2D eigenvalue weighted by molar-refractivity contribution is 7.93. The molecule has 3 rings (SSSR count). The van der Waals surface area contributed by atoms with Crippen LogP contribution in [0.3, 0.4) is 0 Å². The molecule has 1 aromatic heterocycles. The first-order valence-corrected chi connectivity index (χ1v) is 11.4. The summed E-state index contributed by atoms with van der Waals surface area (Å²) in [5.41, 5.74) is 0.532. The number of rotatable bonds is 4. The molecule has 1 fully saturated rings. The zero-order valence-electron chi connectivity index (χ0n) is 15.4. The molecule has 2 heterocycles. The number of likely N-dealkylation sites (tertiary alicyclic amines) is 1. The van der Waals surface area contributed by atoms with Gasteiger partial charge in [-0.1, -0.05) is 36.8 Å². The smallest absolute Gasteiger partial charge is 0.265 e. The monoisotopic (exact) mass is 427 g/mol. The first-order chi connectivity index (χ1) is 12.7. The summed E-state index contributed by atoms with van der Waals surface area (Å²) >= 11 is 6.88. The number of aromatic nitrogens is 1. The van der Waals surface area contributed by atoms with Crippen molar-refractivity contribution in [2.24, 2.45) is 11.8 Å². The van der Waals surface area contributed by atoms with E-state index in [9.17, 15) is 13.2 Å². The minimum atomic E-state index is -3.79. The summed E-state index contributed by atoms with van der Waals surface area (Å²) in [6.07, 6.45) is 1.11. The average molecular weight is 428 g/mol. The second-order valence-corrected chi connectivity index (χ2v) is 10.3. The molecule has 6 nitrogen and oxygen atoms in total. The Kier molecular flexibility index (Phi) is 5.79. The van der Waals surface area contributed by atoms with Crippen LogP contribution in [0.1, 0.15) is 35.6 Å². The molecule has 0 bridgehead atoms. The largest absolute Gasteiger partial charge is 0.337 e. The molecule has 0 aliphatic carbocycles. The van der Waals surface area contributed by atoms with E-state index in [0.717, 1.165) is 17.8 Å². The Morgan fingerprint density at radius 1 is 1.22 bits per heavy atom. The number of thiazole rings is 1. The van der Waals surface area contributed by atoms with Crippen LogP contribution >= 0.6 is 22.9 Å². The molecule has 9 heteroatoms. The molecule has 27 heavy (non-hydrogen) atoms. The number of nitrogens with one attached hydrogen (secondary N) is 1. The Balaban J connectivity index is 1.80. The molecule has 2 aromatic rings.